The molecule has 2 rings (SSSR count). The van der Waals surface area contributed by atoms with Crippen LogP contribution in [0.1, 0.15) is 21.6 Å². The molecule has 1 amide bonds. The van der Waals surface area contributed by atoms with Gasteiger partial charge >= 0.3 is 0 Å². The van der Waals surface area contributed by atoms with Crippen LogP contribution in [0.5, 0.6) is 11.5 Å². The van der Waals surface area contributed by atoms with E-state index in [0.29, 0.717) is 11.5 Å². The van der Waals surface area contributed by atoms with Crippen LogP contribution in [0, 0.1) is 13.8 Å². The number of benzene rings is 1. The van der Waals surface area contributed by atoms with E-state index < -0.39 is 5.91 Å². The van der Waals surface area contributed by atoms with Gasteiger partial charge in [0.15, 0.2) is 0 Å². The van der Waals surface area contributed by atoms with Gasteiger partial charge in [0.1, 0.15) is 17.2 Å². The molecule has 0 saturated heterocycles. The van der Waals surface area contributed by atoms with Crippen LogP contribution in [-0.2, 0) is 0 Å². The Morgan fingerprint density at radius 3 is 2.42 bits per heavy atom. The van der Waals surface area contributed by atoms with Crippen molar-refractivity contribution in [1.29, 1.82) is 0 Å². The molecule has 0 radical (unpaired) electrons. The highest BCUT2D eigenvalue weighted by Gasteiger charge is 2.07. The minimum atomic E-state index is -0.575. The smallest absolute Gasteiger partial charge is 0.267 e. The van der Waals surface area contributed by atoms with E-state index in [1.807, 2.05) is 26.0 Å². The molecule has 0 aliphatic carbocycles. The Bertz CT molecular complexity index is 618. The van der Waals surface area contributed by atoms with Gasteiger partial charge in [-0.05, 0) is 43.2 Å². The van der Waals surface area contributed by atoms with Crippen LogP contribution in [0.15, 0.2) is 34.9 Å². The van der Waals surface area contributed by atoms with Gasteiger partial charge in [0, 0.05) is 16.7 Å². The number of carbonyl (C=O) groups is 1. The molecule has 1 heterocycles. The highest BCUT2D eigenvalue weighted by Crippen LogP contribution is 2.29. The molecule has 0 atom stereocenters. The lowest BCUT2D eigenvalue weighted by atomic mass is 10.1. The first-order valence-corrected chi connectivity index (χ1v) is 6.47. The number of hydrogen-bond acceptors (Lipinski definition) is 3. The van der Waals surface area contributed by atoms with Crippen molar-refractivity contribution in [2.45, 2.75) is 13.8 Å². The molecule has 5 heteroatoms. The highest BCUT2D eigenvalue weighted by molar-refractivity contribution is 9.10. The number of primary amides is 1. The Balaban J connectivity index is 2.31. The molecule has 1 aromatic carbocycles. The van der Waals surface area contributed by atoms with E-state index in [1.54, 1.807) is 6.07 Å². The number of aryl methyl sites for hydroxylation is 2. The summed E-state index contributed by atoms with van der Waals surface area (Å²) in [5, 5.41) is 0. The molecule has 4 nitrogen and oxygen atoms in total. The molecule has 0 unspecified atom stereocenters. The molecule has 0 aliphatic rings. The molecule has 0 fully saturated rings. The predicted octanol–water partition coefficient (Wildman–Crippen LogP) is 3.35. The van der Waals surface area contributed by atoms with Gasteiger partial charge in [-0.15, -0.1) is 0 Å². The van der Waals surface area contributed by atoms with Crippen LogP contribution in [-0.4, -0.2) is 10.9 Å². The van der Waals surface area contributed by atoms with Crippen molar-refractivity contribution in [3.05, 3.63) is 51.8 Å². The summed E-state index contributed by atoms with van der Waals surface area (Å²) >= 11 is 3.50. The van der Waals surface area contributed by atoms with Crippen molar-refractivity contribution in [2.24, 2.45) is 5.73 Å². The van der Waals surface area contributed by atoms with E-state index in [4.69, 9.17) is 10.5 Å². The predicted molar refractivity (Wildman–Crippen MR) is 76.4 cm³/mol. The fraction of sp³-hybridized carbons (Fsp3) is 0.143. The fourth-order valence-corrected chi connectivity index (χ4v) is 1.94. The second-order valence-corrected chi connectivity index (χ2v) is 5.01. The molecule has 98 valence electrons. The van der Waals surface area contributed by atoms with Gasteiger partial charge < -0.3 is 10.5 Å². The number of aromatic nitrogens is 1. The lowest BCUT2D eigenvalue weighted by Crippen LogP contribution is -2.12. The summed E-state index contributed by atoms with van der Waals surface area (Å²) in [7, 11) is 0. The van der Waals surface area contributed by atoms with E-state index in [-0.39, 0.29) is 5.69 Å². The van der Waals surface area contributed by atoms with Crippen LogP contribution in [0.3, 0.4) is 0 Å². The van der Waals surface area contributed by atoms with Crippen LogP contribution < -0.4 is 10.5 Å². The highest BCUT2D eigenvalue weighted by atomic mass is 79.9. The van der Waals surface area contributed by atoms with Gasteiger partial charge in [-0.25, -0.2) is 0 Å². The summed E-state index contributed by atoms with van der Waals surface area (Å²) in [6.07, 6.45) is 1.49. The van der Waals surface area contributed by atoms with Crippen LogP contribution in [0.2, 0.25) is 0 Å². The Kier molecular flexibility index (Phi) is 3.85. The van der Waals surface area contributed by atoms with Crippen molar-refractivity contribution in [3.63, 3.8) is 0 Å². The number of amides is 1. The number of hydrogen-bond donors (Lipinski definition) is 1. The summed E-state index contributed by atoms with van der Waals surface area (Å²) in [4.78, 5) is 14.9. The third-order valence-electron chi connectivity index (χ3n) is 2.63. The number of halogens is 1. The van der Waals surface area contributed by atoms with Gasteiger partial charge in [0.25, 0.3) is 5.91 Å². The van der Waals surface area contributed by atoms with Crippen LogP contribution in [0.25, 0.3) is 0 Å². The summed E-state index contributed by atoms with van der Waals surface area (Å²) in [6, 6.07) is 7.04. The van der Waals surface area contributed by atoms with Gasteiger partial charge in [-0.2, -0.15) is 0 Å². The van der Waals surface area contributed by atoms with Crippen molar-refractivity contribution >= 4 is 21.8 Å². The zero-order valence-corrected chi connectivity index (χ0v) is 12.2. The number of ether oxygens (including phenoxy) is 1. The van der Waals surface area contributed by atoms with Gasteiger partial charge in [0.05, 0.1) is 0 Å². The number of nitrogens with zero attached hydrogens (tertiary/aromatic N) is 1. The second kappa shape index (κ2) is 5.40. The SMILES string of the molecule is Cc1cc(Oc2ccnc(C(N)=O)c2)cc(C)c1Br. The maximum Gasteiger partial charge on any atom is 0.267 e. The normalized spacial score (nSPS) is 10.3. The molecule has 0 bridgehead atoms. The zero-order valence-electron chi connectivity index (χ0n) is 10.6. The fourth-order valence-electron chi connectivity index (χ4n) is 1.71. The Labute approximate surface area is 119 Å². The number of nitrogens with two attached hydrogens (primary N) is 1. The monoisotopic (exact) mass is 320 g/mol. The molecule has 1 aromatic heterocycles. The zero-order chi connectivity index (χ0) is 14.0. The van der Waals surface area contributed by atoms with Gasteiger partial charge in [-0.3, -0.25) is 9.78 Å². The van der Waals surface area contributed by atoms with E-state index >= 15 is 0 Å². The molecular weight excluding hydrogens is 308 g/mol. The third kappa shape index (κ3) is 3.12. The Hall–Kier alpha value is -1.88. The minimum absolute atomic E-state index is 0.183. The topological polar surface area (TPSA) is 65.2 Å². The standard InChI is InChI=1S/C14H13BrN2O2/c1-8-5-11(6-9(2)13(8)15)19-10-3-4-17-12(7-10)14(16)18/h3-7H,1-2H3,(H2,16,18). The lowest BCUT2D eigenvalue weighted by molar-refractivity contribution is 0.0995. The summed E-state index contributed by atoms with van der Waals surface area (Å²) < 4.78 is 6.78. The average molecular weight is 321 g/mol. The van der Waals surface area contributed by atoms with Crippen molar-refractivity contribution in [2.75, 3.05) is 0 Å². The van der Waals surface area contributed by atoms with Crippen LogP contribution >= 0.6 is 15.9 Å². The molecule has 0 aliphatic heterocycles. The molecule has 0 spiro atoms. The first kappa shape index (κ1) is 13.5. The number of carbonyl (C=O) groups excluding carboxylic acids is 1. The van der Waals surface area contributed by atoms with E-state index in [0.717, 1.165) is 15.6 Å². The summed E-state index contributed by atoms with van der Waals surface area (Å²) in [5.41, 5.74) is 7.53. The maximum absolute atomic E-state index is 11.1. The minimum Gasteiger partial charge on any atom is -0.457 e. The molecule has 2 N–H and O–H groups in total. The van der Waals surface area contributed by atoms with E-state index in [2.05, 4.69) is 20.9 Å². The van der Waals surface area contributed by atoms with E-state index in [1.165, 1.54) is 12.3 Å². The van der Waals surface area contributed by atoms with E-state index in [9.17, 15) is 4.79 Å². The third-order valence-corrected chi connectivity index (χ3v) is 3.88. The van der Waals surface area contributed by atoms with Crippen molar-refractivity contribution in [1.82, 2.24) is 4.98 Å². The molecule has 2 aromatic rings. The molecular formula is C14H13BrN2O2. The first-order valence-electron chi connectivity index (χ1n) is 5.68. The maximum atomic E-state index is 11.1. The lowest BCUT2D eigenvalue weighted by Gasteiger charge is -2.10. The molecule has 0 saturated carbocycles. The number of pyridine rings is 1. The van der Waals surface area contributed by atoms with Crippen molar-refractivity contribution in [3.8, 4) is 11.5 Å². The quantitative estimate of drug-likeness (QED) is 0.943. The summed E-state index contributed by atoms with van der Waals surface area (Å²) in [6.45, 7) is 3.98. The first-order chi connectivity index (χ1) is 8.97. The van der Waals surface area contributed by atoms with Crippen molar-refractivity contribution < 1.29 is 9.53 Å². The second-order valence-electron chi connectivity index (χ2n) is 4.21. The van der Waals surface area contributed by atoms with Gasteiger partial charge in [0.2, 0.25) is 0 Å². The summed E-state index contributed by atoms with van der Waals surface area (Å²) in [5.74, 6) is 0.665. The van der Waals surface area contributed by atoms with Crippen LogP contribution in [0.4, 0.5) is 0 Å². The van der Waals surface area contributed by atoms with Gasteiger partial charge in [-0.1, -0.05) is 15.9 Å². The molecule has 19 heavy (non-hydrogen) atoms. The Morgan fingerprint density at radius 2 is 1.84 bits per heavy atom. The average Bonchev–Trinajstić information content (AvgIpc) is 2.36. The Morgan fingerprint density at radius 1 is 1.21 bits per heavy atom. The number of rotatable bonds is 3. The largest absolute Gasteiger partial charge is 0.457 e.